The van der Waals surface area contributed by atoms with E-state index < -0.39 is 23.1 Å². The van der Waals surface area contributed by atoms with E-state index in [9.17, 15) is 23.5 Å². The summed E-state index contributed by atoms with van der Waals surface area (Å²) in [6.07, 6.45) is 0.560. The van der Waals surface area contributed by atoms with Crippen molar-refractivity contribution >= 4 is 5.69 Å². The van der Waals surface area contributed by atoms with Gasteiger partial charge in [0.05, 0.1) is 18.0 Å². The standard InChI is InChI=1S/C21H21F3N4O2/c22-21(23,24)30-18-5-3-15(4-6-18)20(29,19(12-25)13-27-14-19)16-9-17(11-26-10-16)28-7-1-2-8-28/h3-6,9-11,27,29H,1-2,7-8,13-14H2. The predicted octanol–water partition coefficient (Wildman–Crippen LogP) is 2.93. The molecule has 2 aliphatic rings. The first kappa shape index (κ1) is 20.4. The van der Waals surface area contributed by atoms with Crippen molar-refractivity contribution in [2.75, 3.05) is 31.1 Å². The van der Waals surface area contributed by atoms with E-state index in [1.807, 2.05) is 6.07 Å². The molecule has 1 atom stereocenters. The van der Waals surface area contributed by atoms with Gasteiger partial charge in [0.25, 0.3) is 0 Å². The van der Waals surface area contributed by atoms with Crippen molar-refractivity contribution in [1.29, 1.82) is 5.26 Å². The van der Waals surface area contributed by atoms with E-state index in [1.54, 1.807) is 6.20 Å². The first-order chi connectivity index (χ1) is 14.3. The van der Waals surface area contributed by atoms with E-state index in [0.717, 1.165) is 43.8 Å². The number of alkyl halides is 3. The average molecular weight is 418 g/mol. The van der Waals surface area contributed by atoms with Gasteiger partial charge in [-0.3, -0.25) is 4.98 Å². The van der Waals surface area contributed by atoms with Gasteiger partial charge in [-0.25, -0.2) is 0 Å². The number of nitriles is 1. The molecule has 2 aliphatic heterocycles. The van der Waals surface area contributed by atoms with E-state index in [-0.39, 0.29) is 13.1 Å². The van der Waals surface area contributed by atoms with Gasteiger partial charge in [-0.15, -0.1) is 13.2 Å². The van der Waals surface area contributed by atoms with Crippen molar-refractivity contribution in [3.8, 4) is 11.8 Å². The monoisotopic (exact) mass is 418 g/mol. The van der Waals surface area contributed by atoms with Gasteiger partial charge < -0.3 is 20.1 Å². The van der Waals surface area contributed by atoms with Crippen molar-refractivity contribution in [3.63, 3.8) is 0 Å². The van der Waals surface area contributed by atoms with Crippen molar-refractivity contribution < 1.29 is 23.0 Å². The summed E-state index contributed by atoms with van der Waals surface area (Å²) >= 11 is 0. The van der Waals surface area contributed by atoms with Crippen molar-refractivity contribution in [2.24, 2.45) is 5.41 Å². The van der Waals surface area contributed by atoms with Gasteiger partial charge in [-0.1, -0.05) is 12.1 Å². The molecule has 0 amide bonds. The van der Waals surface area contributed by atoms with Crippen molar-refractivity contribution in [2.45, 2.75) is 24.8 Å². The second kappa shape index (κ2) is 7.45. The van der Waals surface area contributed by atoms with Gasteiger partial charge >= 0.3 is 6.36 Å². The molecule has 0 saturated carbocycles. The highest BCUT2D eigenvalue weighted by Gasteiger charge is 2.57. The number of nitrogens with zero attached hydrogens (tertiary/aromatic N) is 3. The normalized spacial score (nSPS) is 20.2. The SMILES string of the molecule is N#CC1(C(O)(c2ccc(OC(F)(F)F)cc2)c2cncc(N3CCCC3)c2)CNC1. The van der Waals surface area contributed by atoms with E-state index in [4.69, 9.17) is 0 Å². The quantitative estimate of drug-likeness (QED) is 0.777. The maximum absolute atomic E-state index is 12.5. The number of rotatable bonds is 5. The van der Waals surface area contributed by atoms with Crippen LogP contribution in [0.15, 0.2) is 42.7 Å². The lowest BCUT2D eigenvalue weighted by atomic mass is 9.62. The Balaban J connectivity index is 1.77. The van der Waals surface area contributed by atoms with E-state index in [1.165, 1.54) is 18.3 Å². The molecular formula is C21H21F3N4O2. The van der Waals surface area contributed by atoms with Crippen LogP contribution in [0, 0.1) is 16.7 Å². The summed E-state index contributed by atoms with van der Waals surface area (Å²) in [5.74, 6) is -0.393. The number of halogens is 3. The zero-order valence-electron chi connectivity index (χ0n) is 16.1. The maximum atomic E-state index is 12.5. The summed E-state index contributed by atoms with van der Waals surface area (Å²) in [6.45, 7) is 2.26. The molecule has 3 heterocycles. The summed E-state index contributed by atoms with van der Waals surface area (Å²) in [4.78, 5) is 6.45. The lowest BCUT2D eigenvalue weighted by Gasteiger charge is -2.49. The van der Waals surface area contributed by atoms with Crippen LogP contribution in [0.25, 0.3) is 0 Å². The van der Waals surface area contributed by atoms with E-state index in [2.05, 4.69) is 26.0 Å². The minimum Gasteiger partial charge on any atom is -0.406 e. The highest BCUT2D eigenvalue weighted by Crippen LogP contribution is 2.48. The fourth-order valence-corrected chi connectivity index (χ4v) is 4.18. The Kier molecular flexibility index (Phi) is 5.08. The van der Waals surface area contributed by atoms with Crippen LogP contribution in [-0.4, -0.2) is 42.6 Å². The summed E-state index contributed by atoms with van der Waals surface area (Å²) < 4.78 is 41.5. The molecule has 2 fully saturated rings. The fraction of sp³-hybridized carbons (Fsp3) is 0.429. The molecule has 1 aromatic heterocycles. The predicted molar refractivity (Wildman–Crippen MR) is 103 cm³/mol. The Hall–Kier alpha value is -2.83. The molecule has 0 radical (unpaired) electrons. The van der Waals surface area contributed by atoms with Crippen molar-refractivity contribution in [1.82, 2.24) is 10.3 Å². The number of hydrogen-bond donors (Lipinski definition) is 2. The fourth-order valence-electron chi connectivity index (χ4n) is 4.18. The van der Waals surface area contributed by atoms with E-state index in [0.29, 0.717) is 11.1 Å². The zero-order chi connectivity index (χ0) is 21.4. The van der Waals surface area contributed by atoms with Gasteiger partial charge in [-0.2, -0.15) is 5.26 Å². The topological polar surface area (TPSA) is 81.4 Å². The van der Waals surface area contributed by atoms with Crippen LogP contribution in [0.5, 0.6) is 5.75 Å². The molecule has 4 rings (SSSR count). The smallest absolute Gasteiger partial charge is 0.406 e. The molecule has 6 nitrogen and oxygen atoms in total. The van der Waals surface area contributed by atoms with Crippen LogP contribution < -0.4 is 15.0 Å². The number of benzene rings is 1. The molecule has 2 aromatic rings. The molecule has 2 saturated heterocycles. The minimum atomic E-state index is -4.81. The summed E-state index contributed by atoms with van der Waals surface area (Å²) in [5, 5.41) is 24.9. The summed E-state index contributed by atoms with van der Waals surface area (Å²) in [5.41, 5.74) is -1.35. The molecule has 0 aliphatic carbocycles. The number of nitrogens with one attached hydrogen (secondary N) is 1. The third-order valence-corrected chi connectivity index (χ3v) is 5.88. The van der Waals surface area contributed by atoms with Gasteiger partial charge in [0, 0.05) is 37.9 Å². The number of aliphatic hydroxyl groups is 1. The summed E-state index contributed by atoms with van der Waals surface area (Å²) in [6, 6.07) is 9.05. The highest BCUT2D eigenvalue weighted by molar-refractivity contribution is 5.52. The number of anilines is 1. The van der Waals surface area contributed by atoms with Crippen LogP contribution in [-0.2, 0) is 5.60 Å². The lowest BCUT2D eigenvalue weighted by molar-refractivity contribution is -0.274. The molecule has 0 bridgehead atoms. The number of hydrogen-bond acceptors (Lipinski definition) is 6. The Bertz CT molecular complexity index is 948. The Morgan fingerprint density at radius 2 is 1.77 bits per heavy atom. The molecule has 2 N–H and O–H groups in total. The molecule has 30 heavy (non-hydrogen) atoms. The Morgan fingerprint density at radius 3 is 2.30 bits per heavy atom. The van der Waals surface area contributed by atoms with Crippen LogP contribution in [0.4, 0.5) is 18.9 Å². The molecule has 9 heteroatoms. The maximum Gasteiger partial charge on any atom is 0.573 e. The van der Waals surface area contributed by atoms with Crippen LogP contribution >= 0.6 is 0 Å². The van der Waals surface area contributed by atoms with Crippen molar-refractivity contribution in [3.05, 3.63) is 53.9 Å². The van der Waals surface area contributed by atoms with Crippen LogP contribution in [0.2, 0.25) is 0 Å². The zero-order valence-corrected chi connectivity index (χ0v) is 16.1. The Morgan fingerprint density at radius 1 is 1.10 bits per heavy atom. The third kappa shape index (κ3) is 3.46. The first-order valence-electron chi connectivity index (χ1n) is 9.69. The van der Waals surface area contributed by atoms with Crippen LogP contribution in [0.3, 0.4) is 0 Å². The molecule has 0 spiro atoms. The molecular weight excluding hydrogens is 397 g/mol. The molecule has 158 valence electrons. The summed E-state index contributed by atoms with van der Waals surface area (Å²) in [7, 11) is 0. The average Bonchev–Trinajstić information content (AvgIpc) is 3.21. The lowest BCUT2D eigenvalue weighted by Crippen LogP contribution is -2.64. The van der Waals surface area contributed by atoms with Gasteiger partial charge in [0.2, 0.25) is 0 Å². The van der Waals surface area contributed by atoms with Gasteiger partial charge in [0.15, 0.2) is 0 Å². The Labute approximate surface area is 171 Å². The van der Waals surface area contributed by atoms with E-state index >= 15 is 0 Å². The number of ether oxygens (including phenoxy) is 1. The molecule has 1 unspecified atom stereocenters. The number of pyridine rings is 1. The van der Waals surface area contributed by atoms with Crippen LogP contribution in [0.1, 0.15) is 24.0 Å². The molecule has 1 aromatic carbocycles. The highest BCUT2D eigenvalue weighted by atomic mass is 19.4. The first-order valence-corrected chi connectivity index (χ1v) is 9.69. The minimum absolute atomic E-state index is 0.245. The van der Waals surface area contributed by atoms with Gasteiger partial charge in [-0.05, 0) is 36.6 Å². The third-order valence-electron chi connectivity index (χ3n) is 5.88. The van der Waals surface area contributed by atoms with Gasteiger partial charge in [0.1, 0.15) is 16.8 Å². The second-order valence-electron chi connectivity index (χ2n) is 7.71. The number of aromatic nitrogens is 1. The largest absolute Gasteiger partial charge is 0.573 e. The second-order valence-corrected chi connectivity index (χ2v) is 7.71.